The second-order valence-electron chi connectivity index (χ2n) is 5.47. The molecule has 1 heterocycles. The van der Waals surface area contributed by atoms with Gasteiger partial charge in [0.25, 0.3) is 11.6 Å². The van der Waals surface area contributed by atoms with E-state index in [0.717, 1.165) is 12.1 Å². The standard InChI is InChI=1S/C14H16ClF3N4O3/c15-9-1-2-10(11(7-9)22(24)25)13(23)20-8-12(14(16,17)18)21-5-3-19-4-6-21/h1-2,7,12,19H,3-6,8H2,(H,20,23). The molecule has 0 aromatic heterocycles. The van der Waals surface area contributed by atoms with Crippen molar-refractivity contribution in [3.63, 3.8) is 0 Å². The van der Waals surface area contributed by atoms with Crippen molar-refractivity contribution in [2.75, 3.05) is 32.7 Å². The second-order valence-corrected chi connectivity index (χ2v) is 5.91. The number of hydrogen-bond acceptors (Lipinski definition) is 5. The molecule has 11 heteroatoms. The minimum Gasteiger partial charge on any atom is -0.350 e. The van der Waals surface area contributed by atoms with Gasteiger partial charge in [0.15, 0.2) is 0 Å². The normalized spacial score (nSPS) is 17.1. The Hall–Kier alpha value is -1.91. The lowest BCUT2D eigenvalue weighted by Gasteiger charge is -2.35. The topological polar surface area (TPSA) is 87.5 Å². The van der Waals surface area contributed by atoms with Gasteiger partial charge in [-0.05, 0) is 12.1 Å². The highest BCUT2D eigenvalue weighted by Crippen LogP contribution is 2.26. The summed E-state index contributed by atoms with van der Waals surface area (Å²) in [4.78, 5) is 23.6. The van der Waals surface area contributed by atoms with Crippen molar-refractivity contribution in [2.45, 2.75) is 12.2 Å². The summed E-state index contributed by atoms with van der Waals surface area (Å²) in [6.45, 7) is 0.538. The third-order valence-corrected chi connectivity index (χ3v) is 4.06. The first-order chi connectivity index (χ1) is 11.7. The van der Waals surface area contributed by atoms with E-state index in [1.807, 2.05) is 0 Å². The minimum atomic E-state index is -4.53. The Morgan fingerprint density at radius 2 is 2.04 bits per heavy atom. The van der Waals surface area contributed by atoms with Crippen LogP contribution < -0.4 is 10.6 Å². The van der Waals surface area contributed by atoms with Crippen molar-refractivity contribution >= 4 is 23.2 Å². The van der Waals surface area contributed by atoms with E-state index in [0.29, 0.717) is 13.1 Å². The molecule has 138 valence electrons. The van der Waals surface area contributed by atoms with Gasteiger partial charge in [0.2, 0.25) is 0 Å². The number of piperazine rings is 1. The quantitative estimate of drug-likeness (QED) is 0.601. The van der Waals surface area contributed by atoms with Crippen LogP contribution in [0.25, 0.3) is 0 Å². The fourth-order valence-corrected chi connectivity index (χ4v) is 2.74. The van der Waals surface area contributed by atoms with Crippen LogP contribution in [-0.2, 0) is 0 Å². The molecular formula is C14H16ClF3N4O3. The molecule has 1 aromatic rings. The molecule has 2 rings (SSSR count). The molecule has 0 aliphatic carbocycles. The zero-order valence-corrected chi connectivity index (χ0v) is 13.7. The van der Waals surface area contributed by atoms with Crippen molar-refractivity contribution in [3.05, 3.63) is 38.9 Å². The van der Waals surface area contributed by atoms with Crippen molar-refractivity contribution < 1.29 is 22.9 Å². The molecule has 0 saturated carbocycles. The summed E-state index contributed by atoms with van der Waals surface area (Å²) in [5, 5.41) is 16.2. The molecular weight excluding hydrogens is 365 g/mol. The van der Waals surface area contributed by atoms with E-state index in [1.165, 1.54) is 11.0 Å². The summed E-state index contributed by atoms with van der Waals surface area (Å²) in [6.07, 6.45) is -4.53. The third kappa shape index (κ3) is 5.03. The molecule has 2 N–H and O–H groups in total. The zero-order valence-electron chi connectivity index (χ0n) is 13.0. The van der Waals surface area contributed by atoms with Crippen LogP contribution in [0, 0.1) is 10.1 Å². The van der Waals surface area contributed by atoms with E-state index >= 15 is 0 Å². The zero-order chi connectivity index (χ0) is 18.6. The lowest BCUT2D eigenvalue weighted by molar-refractivity contribution is -0.385. The Bertz CT molecular complexity index is 651. The van der Waals surface area contributed by atoms with E-state index < -0.39 is 35.3 Å². The number of carbonyl (C=O) groups is 1. The maximum absolute atomic E-state index is 13.3. The Morgan fingerprint density at radius 3 is 2.60 bits per heavy atom. The van der Waals surface area contributed by atoms with Gasteiger partial charge in [0.05, 0.1) is 4.92 Å². The Morgan fingerprint density at radius 1 is 1.40 bits per heavy atom. The molecule has 0 spiro atoms. The summed E-state index contributed by atoms with van der Waals surface area (Å²) < 4.78 is 39.8. The van der Waals surface area contributed by atoms with Gasteiger partial charge in [0, 0.05) is 43.8 Å². The molecule has 0 radical (unpaired) electrons. The van der Waals surface area contributed by atoms with Gasteiger partial charge in [-0.3, -0.25) is 19.8 Å². The van der Waals surface area contributed by atoms with E-state index in [-0.39, 0.29) is 23.7 Å². The van der Waals surface area contributed by atoms with Crippen molar-refractivity contribution in [2.24, 2.45) is 0 Å². The van der Waals surface area contributed by atoms with Crippen LogP contribution in [-0.4, -0.2) is 60.7 Å². The second kappa shape index (κ2) is 7.98. The molecule has 1 aromatic carbocycles. The Labute approximate surface area is 146 Å². The van der Waals surface area contributed by atoms with Crippen molar-refractivity contribution in [1.29, 1.82) is 0 Å². The summed E-state index contributed by atoms with van der Waals surface area (Å²) in [5.41, 5.74) is -0.897. The molecule has 1 saturated heterocycles. The lowest BCUT2D eigenvalue weighted by atomic mass is 10.1. The predicted molar refractivity (Wildman–Crippen MR) is 84.7 cm³/mol. The average molecular weight is 381 g/mol. The number of amides is 1. The Balaban J connectivity index is 2.12. The summed E-state index contributed by atoms with van der Waals surface area (Å²) in [6, 6.07) is 1.50. The number of alkyl halides is 3. The highest BCUT2D eigenvalue weighted by atomic mass is 35.5. The van der Waals surface area contributed by atoms with Crippen LogP contribution >= 0.6 is 11.6 Å². The predicted octanol–water partition coefficient (Wildman–Crippen LogP) is 1.81. The van der Waals surface area contributed by atoms with Crippen LogP contribution in [0.4, 0.5) is 18.9 Å². The SMILES string of the molecule is O=C(NCC(N1CCNCC1)C(F)(F)F)c1ccc(Cl)cc1[N+](=O)[O-]. The van der Waals surface area contributed by atoms with Gasteiger partial charge in [-0.2, -0.15) is 13.2 Å². The monoisotopic (exact) mass is 380 g/mol. The number of hydrogen-bond donors (Lipinski definition) is 2. The maximum Gasteiger partial charge on any atom is 0.405 e. The third-order valence-electron chi connectivity index (χ3n) is 3.83. The Kier molecular flexibility index (Phi) is 6.20. The van der Waals surface area contributed by atoms with Crippen LogP contribution in [0.1, 0.15) is 10.4 Å². The first kappa shape index (κ1) is 19.4. The number of halogens is 4. The number of carbonyl (C=O) groups excluding carboxylic acids is 1. The smallest absolute Gasteiger partial charge is 0.350 e. The van der Waals surface area contributed by atoms with Gasteiger partial charge in [-0.1, -0.05) is 11.6 Å². The number of benzene rings is 1. The molecule has 0 bridgehead atoms. The summed E-state index contributed by atoms with van der Waals surface area (Å²) >= 11 is 5.66. The molecule has 7 nitrogen and oxygen atoms in total. The van der Waals surface area contributed by atoms with Gasteiger partial charge < -0.3 is 10.6 Å². The fourth-order valence-electron chi connectivity index (χ4n) is 2.58. The molecule has 1 fully saturated rings. The summed E-state index contributed by atoms with van der Waals surface area (Å²) in [5.74, 6) is -0.951. The van der Waals surface area contributed by atoms with Crippen LogP contribution in [0.5, 0.6) is 0 Å². The molecule has 25 heavy (non-hydrogen) atoms. The maximum atomic E-state index is 13.3. The number of nitrogens with one attached hydrogen (secondary N) is 2. The first-order valence-electron chi connectivity index (χ1n) is 7.44. The van der Waals surface area contributed by atoms with Gasteiger partial charge in [-0.15, -0.1) is 0 Å². The molecule has 1 atom stereocenters. The number of rotatable bonds is 5. The van der Waals surface area contributed by atoms with Crippen molar-refractivity contribution in [3.8, 4) is 0 Å². The number of nitro groups is 1. The van der Waals surface area contributed by atoms with E-state index in [4.69, 9.17) is 11.6 Å². The average Bonchev–Trinajstić information content (AvgIpc) is 2.54. The number of nitro benzene ring substituents is 1. The first-order valence-corrected chi connectivity index (χ1v) is 7.81. The molecule has 1 aliphatic heterocycles. The van der Waals surface area contributed by atoms with Crippen LogP contribution in [0.2, 0.25) is 5.02 Å². The van der Waals surface area contributed by atoms with Crippen LogP contribution in [0.15, 0.2) is 18.2 Å². The fraction of sp³-hybridized carbons (Fsp3) is 0.500. The van der Waals surface area contributed by atoms with Gasteiger partial charge >= 0.3 is 6.18 Å². The lowest BCUT2D eigenvalue weighted by Crippen LogP contribution is -2.57. The van der Waals surface area contributed by atoms with Gasteiger partial charge in [0.1, 0.15) is 11.6 Å². The van der Waals surface area contributed by atoms with E-state index in [2.05, 4.69) is 10.6 Å². The highest BCUT2D eigenvalue weighted by molar-refractivity contribution is 6.31. The van der Waals surface area contributed by atoms with Crippen LogP contribution in [0.3, 0.4) is 0 Å². The molecule has 1 unspecified atom stereocenters. The summed E-state index contributed by atoms with van der Waals surface area (Å²) in [7, 11) is 0. The molecule has 1 amide bonds. The minimum absolute atomic E-state index is 0.0530. The molecule has 1 aliphatic rings. The van der Waals surface area contributed by atoms with E-state index in [1.54, 1.807) is 0 Å². The van der Waals surface area contributed by atoms with E-state index in [9.17, 15) is 28.1 Å². The van der Waals surface area contributed by atoms with Gasteiger partial charge in [-0.25, -0.2) is 0 Å². The van der Waals surface area contributed by atoms with Crippen molar-refractivity contribution in [1.82, 2.24) is 15.5 Å². The number of nitrogens with zero attached hydrogens (tertiary/aromatic N) is 2. The highest BCUT2D eigenvalue weighted by Gasteiger charge is 2.44. The largest absolute Gasteiger partial charge is 0.405 e.